The lowest BCUT2D eigenvalue weighted by Crippen LogP contribution is -2.51. The fourth-order valence-electron chi connectivity index (χ4n) is 6.61. The molecule has 0 fully saturated rings. The van der Waals surface area contributed by atoms with Crippen LogP contribution < -0.4 is 30.7 Å². The van der Waals surface area contributed by atoms with Gasteiger partial charge >= 0.3 is 18.2 Å². The number of carbonyl (C=O) groups excluding carboxylic acids is 4. The highest BCUT2D eigenvalue weighted by Gasteiger charge is 2.28. The summed E-state index contributed by atoms with van der Waals surface area (Å²) < 4.78 is 86.3. The highest BCUT2D eigenvalue weighted by Crippen LogP contribution is 2.33. The van der Waals surface area contributed by atoms with E-state index < -0.39 is 71.1 Å². The molecule has 0 aliphatic heterocycles. The number of unbranched alkanes of at least 4 members (excludes halogenated alkanes) is 1. The quantitative estimate of drug-likeness (QED) is 0.0221. The summed E-state index contributed by atoms with van der Waals surface area (Å²) in [5.74, 6) is -2.84. The third kappa shape index (κ3) is 16.2. The first kappa shape index (κ1) is 53.7. The first-order valence-corrected chi connectivity index (χ1v) is 22.6. The molecule has 0 radical (unpaired) electrons. The van der Waals surface area contributed by atoms with Crippen molar-refractivity contribution in [3.05, 3.63) is 83.8 Å². The molecule has 22 heteroatoms. The number of halogens is 4. The van der Waals surface area contributed by atoms with Crippen LogP contribution in [0.2, 0.25) is 0 Å². The molecule has 0 saturated heterocycles. The molecule has 4 N–H and O–H groups in total. The molecule has 0 unspecified atom stereocenters. The van der Waals surface area contributed by atoms with Crippen molar-refractivity contribution in [1.82, 2.24) is 40.7 Å². The Hall–Kier alpha value is -7.26. The number of rotatable bonds is 22. The summed E-state index contributed by atoms with van der Waals surface area (Å²) in [5, 5.41) is 15.9. The van der Waals surface area contributed by atoms with Crippen LogP contribution in [0, 0.1) is 11.6 Å². The van der Waals surface area contributed by atoms with Crippen LogP contribution in [-0.4, -0.2) is 98.4 Å². The van der Waals surface area contributed by atoms with Gasteiger partial charge in [0.15, 0.2) is 17.4 Å². The number of carbonyl (C=O) groups is 4. The molecule has 3 heterocycles. The summed E-state index contributed by atoms with van der Waals surface area (Å²) >= 11 is 0. The summed E-state index contributed by atoms with van der Waals surface area (Å²) in [7, 11) is 0. The molecule has 3 amide bonds. The maximum Gasteiger partial charge on any atom is 0.408 e. The second-order valence-electron chi connectivity index (χ2n) is 17.8. The van der Waals surface area contributed by atoms with Gasteiger partial charge in [-0.3, -0.25) is 14.5 Å². The van der Waals surface area contributed by atoms with Crippen molar-refractivity contribution in [3.8, 4) is 23.0 Å². The average molecular weight is 982 g/mol. The number of anilines is 2. The molecule has 0 saturated carbocycles. The molecule has 5 rings (SSSR count). The van der Waals surface area contributed by atoms with E-state index in [1.54, 1.807) is 72.7 Å². The number of nitrogens with one attached hydrogen (secondary N) is 4. The number of hydrogen-bond acceptors (Lipinski definition) is 14. The summed E-state index contributed by atoms with van der Waals surface area (Å²) in [5.41, 5.74) is -1.30. The Labute approximate surface area is 402 Å². The van der Waals surface area contributed by atoms with Crippen molar-refractivity contribution in [2.24, 2.45) is 0 Å². The van der Waals surface area contributed by atoms with Crippen molar-refractivity contribution in [2.45, 2.75) is 117 Å². The van der Waals surface area contributed by atoms with Crippen LogP contribution >= 0.6 is 0 Å². The van der Waals surface area contributed by atoms with Crippen LogP contribution in [0.3, 0.4) is 0 Å². The highest BCUT2D eigenvalue weighted by molar-refractivity contribution is 5.92. The number of nitrogens with zero attached hydrogens (tertiary/aromatic N) is 5. The van der Waals surface area contributed by atoms with Crippen molar-refractivity contribution in [3.63, 3.8) is 0 Å². The van der Waals surface area contributed by atoms with Gasteiger partial charge in [0.1, 0.15) is 52.1 Å². The Morgan fingerprint density at radius 2 is 1.53 bits per heavy atom. The fraction of sp³-hybridized carbons (Fsp3) is 0.458. The second kappa shape index (κ2) is 24.3. The summed E-state index contributed by atoms with van der Waals surface area (Å²) in [6.45, 7) is 13.4. The molecule has 18 nitrogen and oxygen atoms in total. The van der Waals surface area contributed by atoms with Crippen molar-refractivity contribution >= 4 is 46.5 Å². The molecule has 0 spiro atoms. The predicted octanol–water partition coefficient (Wildman–Crippen LogP) is 8.70. The minimum absolute atomic E-state index is 0.0424. The molecule has 0 aliphatic carbocycles. The highest BCUT2D eigenvalue weighted by atomic mass is 19.3. The average Bonchev–Trinajstić information content (AvgIpc) is 3.64. The normalized spacial score (nSPS) is 12.5. The van der Waals surface area contributed by atoms with Crippen LogP contribution in [0.15, 0.2) is 60.9 Å². The number of aromatic nitrogens is 5. The number of ether oxygens (including phenoxy) is 5. The van der Waals surface area contributed by atoms with Crippen LogP contribution in [0.25, 0.3) is 22.4 Å². The van der Waals surface area contributed by atoms with Gasteiger partial charge in [-0.05, 0) is 92.9 Å². The summed E-state index contributed by atoms with van der Waals surface area (Å²) in [4.78, 5) is 63.8. The van der Waals surface area contributed by atoms with E-state index in [1.165, 1.54) is 30.1 Å². The first-order valence-electron chi connectivity index (χ1n) is 22.6. The lowest BCUT2D eigenvalue weighted by molar-refractivity contribution is -0.147. The van der Waals surface area contributed by atoms with Gasteiger partial charge in [0.25, 0.3) is 6.43 Å². The topological polar surface area (TPSA) is 219 Å². The molecular weight excluding hydrogens is 923 g/mol. The SMILES string of the molecule is CCOc1cc(F)c(Cn2nc(-c3ncc(OCCCOC(=O)[C@H](C)NC(=O)[C@H](CCCCNC(=O)OC(C)(C)C)NC(=O)OC(C)(C)C)c(Nc4ccnc(C(F)F)c4)n3)c3ccccc32)c(F)c1. The zero-order valence-corrected chi connectivity index (χ0v) is 40.3. The summed E-state index contributed by atoms with van der Waals surface area (Å²) in [6, 6.07) is 9.52. The number of alkyl carbamates (subject to hydrolysis) is 2. The largest absolute Gasteiger partial charge is 0.494 e. The Morgan fingerprint density at radius 3 is 2.21 bits per heavy atom. The Morgan fingerprint density at radius 1 is 0.829 bits per heavy atom. The molecular formula is C48H59F4N9O9. The number of fused-ring (bicyclic) bond motifs is 1. The molecule has 70 heavy (non-hydrogen) atoms. The van der Waals surface area contributed by atoms with Gasteiger partial charge in [0, 0.05) is 47.9 Å². The number of amides is 3. The zero-order chi connectivity index (χ0) is 51.2. The van der Waals surface area contributed by atoms with Gasteiger partial charge < -0.3 is 45.0 Å². The number of hydrogen-bond donors (Lipinski definition) is 4. The van der Waals surface area contributed by atoms with E-state index in [-0.39, 0.29) is 85.8 Å². The first-order chi connectivity index (χ1) is 33.1. The maximum absolute atomic E-state index is 15.2. The molecule has 0 bridgehead atoms. The van der Waals surface area contributed by atoms with E-state index in [2.05, 4.69) is 41.3 Å². The summed E-state index contributed by atoms with van der Waals surface area (Å²) in [6.07, 6.45) is -0.577. The predicted molar refractivity (Wildman–Crippen MR) is 250 cm³/mol. The number of alkyl halides is 2. The van der Waals surface area contributed by atoms with Crippen LogP contribution in [0.5, 0.6) is 11.5 Å². The third-order valence-electron chi connectivity index (χ3n) is 9.72. The van der Waals surface area contributed by atoms with Crippen LogP contribution in [0.1, 0.15) is 98.8 Å². The van der Waals surface area contributed by atoms with E-state index in [0.717, 1.165) is 18.2 Å². The molecule has 2 atom stereocenters. The maximum atomic E-state index is 15.2. The van der Waals surface area contributed by atoms with E-state index in [4.69, 9.17) is 23.7 Å². The number of esters is 1. The molecule has 378 valence electrons. The van der Waals surface area contributed by atoms with Gasteiger partial charge in [-0.25, -0.2) is 41.9 Å². The van der Waals surface area contributed by atoms with E-state index >= 15 is 8.78 Å². The smallest absolute Gasteiger partial charge is 0.408 e. The number of para-hydroxylation sites is 1. The minimum atomic E-state index is -2.86. The van der Waals surface area contributed by atoms with Gasteiger partial charge in [0.2, 0.25) is 5.91 Å². The molecule has 3 aromatic heterocycles. The zero-order valence-electron chi connectivity index (χ0n) is 40.3. The van der Waals surface area contributed by atoms with Crippen molar-refractivity contribution in [2.75, 3.05) is 31.7 Å². The monoisotopic (exact) mass is 981 g/mol. The number of pyridine rings is 1. The van der Waals surface area contributed by atoms with Crippen LogP contribution in [-0.2, 0) is 30.3 Å². The third-order valence-corrected chi connectivity index (χ3v) is 9.72. The van der Waals surface area contributed by atoms with Gasteiger partial charge in [-0.1, -0.05) is 18.2 Å². The lowest BCUT2D eigenvalue weighted by atomic mass is 10.1. The van der Waals surface area contributed by atoms with Crippen LogP contribution in [0.4, 0.5) is 38.7 Å². The van der Waals surface area contributed by atoms with Gasteiger partial charge in [-0.2, -0.15) is 5.10 Å². The fourth-order valence-corrected chi connectivity index (χ4v) is 6.61. The molecule has 2 aromatic carbocycles. The lowest BCUT2D eigenvalue weighted by Gasteiger charge is -2.24. The Bertz CT molecular complexity index is 2580. The van der Waals surface area contributed by atoms with E-state index in [9.17, 15) is 28.0 Å². The molecule has 5 aromatic rings. The standard InChI is InChI=1S/C48H59F4N9O9/c1-9-66-30-24-33(49)32(34(50)25-30)27-61-37-17-11-10-15-31(37)39(60-61)42-55-26-38(41(59-42)57-29-18-20-53-36(23-29)40(51)52)67-21-14-22-68-44(63)28(2)56-43(62)35(58-46(65)70-48(6,7)8)16-12-13-19-54-45(64)69-47(3,4)5/h10-11,15,17-18,20,23-26,28,35,40H,9,12-14,16,19,21-22,27H2,1-8H3,(H,54,64)(H,56,62)(H,58,65)(H,53,55,57,59)/t28-,35-/m0/s1. The minimum Gasteiger partial charge on any atom is -0.494 e. The van der Waals surface area contributed by atoms with Gasteiger partial charge in [0.05, 0.1) is 38.1 Å². The molecule has 0 aliphatic rings. The second-order valence-corrected chi connectivity index (χ2v) is 17.8. The van der Waals surface area contributed by atoms with Crippen molar-refractivity contribution < 1.29 is 60.4 Å². The number of benzene rings is 2. The van der Waals surface area contributed by atoms with E-state index in [1.807, 2.05) is 0 Å². The Kier molecular flexibility index (Phi) is 18.7. The van der Waals surface area contributed by atoms with Gasteiger partial charge in [-0.15, -0.1) is 0 Å². The van der Waals surface area contributed by atoms with E-state index in [0.29, 0.717) is 23.7 Å². The van der Waals surface area contributed by atoms with Crippen molar-refractivity contribution in [1.29, 1.82) is 0 Å². The Balaban J connectivity index is 1.24.